The van der Waals surface area contributed by atoms with Crippen molar-refractivity contribution in [3.8, 4) is 11.5 Å². The number of carbonyl (C=O) groups excluding carboxylic acids is 2. The Labute approximate surface area is 195 Å². The SMILES string of the molecule is C=CC(F)(F)c1ccc(NC(=O)NNc2ccc(C)c(Oc3ccnc(C(=O)NC)c3)c2)cc1. The minimum Gasteiger partial charge on any atom is -0.457 e. The van der Waals surface area contributed by atoms with Gasteiger partial charge in [-0.2, -0.15) is 8.78 Å². The van der Waals surface area contributed by atoms with Crippen molar-refractivity contribution in [3.63, 3.8) is 0 Å². The number of ether oxygens (including phenoxy) is 1. The lowest BCUT2D eigenvalue weighted by Gasteiger charge is -2.14. The van der Waals surface area contributed by atoms with Crippen LogP contribution >= 0.6 is 0 Å². The Morgan fingerprint density at radius 2 is 1.76 bits per heavy atom. The van der Waals surface area contributed by atoms with Crippen LogP contribution in [0, 0.1) is 6.92 Å². The number of amides is 3. The molecule has 3 rings (SSSR count). The van der Waals surface area contributed by atoms with Crippen LogP contribution in [0.1, 0.15) is 21.6 Å². The van der Waals surface area contributed by atoms with Crippen molar-refractivity contribution in [2.24, 2.45) is 0 Å². The highest BCUT2D eigenvalue weighted by Crippen LogP contribution is 2.30. The van der Waals surface area contributed by atoms with Crippen LogP contribution in [0.3, 0.4) is 0 Å². The topological polar surface area (TPSA) is 104 Å². The number of hydrazine groups is 1. The van der Waals surface area contributed by atoms with E-state index in [0.29, 0.717) is 28.9 Å². The van der Waals surface area contributed by atoms with Crippen molar-refractivity contribution in [1.82, 2.24) is 15.7 Å². The highest BCUT2D eigenvalue weighted by atomic mass is 19.3. The van der Waals surface area contributed by atoms with Gasteiger partial charge in [0, 0.05) is 36.6 Å². The maximum absolute atomic E-state index is 13.6. The first-order chi connectivity index (χ1) is 16.2. The molecule has 0 spiro atoms. The molecule has 1 aromatic heterocycles. The zero-order valence-corrected chi connectivity index (χ0v) is 18.5. The van der Waals surface area contributed by atoms with E-state index in [1.807, 2.05) is 6.92 Å². The van der Waals surface area contributed by atoms with Crippen LogP contribution in [0.25, 0.3) is 0 Å². The lowest BCUT2D eigenvalue weighted by Crippen LogP contribution is -2.33. The molecule has 0 atom stereocenters. The highest BCUT2D eigenvalue weighted by Gasteiger charge is 2.26. The quantitative estimate of drug-likeness (QED) is 0.277. The first kappa shape index (κ1) is 24.2. The van der Waals surface area contributed by atoms with E-state index in [9.17, 15) is 18.4 Å². The highest BCUT2D eigenvalue weighted by molar-refractivity contribution is 5.92. The molecule has 0 bridgehead atoms. The summed E-state index contributed by atoms with van der Waals surface area (Å²) in [5.74, 6) is -2.56. The molecule has 3 amide bonds. The van der Waals surface area contributed by atoms with Gasteiger partial charge in [-0.1, -0.05) is 24.8 Å². The van der Waals surface area contributed by atoms with E-state index >= 15 is 0 Å². The second-order valence-corrected chi connectivity index (χ2v) is 7.15. The summed E-state index contributed by atoms with van der Waals surface area (Å²) in [7, 11) is 1.51. The van der Waals surface area contributed by atoms with Crippen LogP contribution in [0.15, 0.2) is 73.4 Å². The Balaban J connectivity index is 1.61. The van der Waals surface area contributed by atoms with Gasteiger partial charge >= 0.3 is 6.03 Å². The van der Waals surface area contributed by atoms with Crippen LogP contribution in [-0.2, 0) is 5.92 Å². The second kappa shape index (κ2) is 10.4. The van der Waals surface area contributed by atoms with Crippen molar-refractivity contribution < 1.29 is 23.1 Å². The Morgan fingerprint density at radius 1 is 1.06 bits per heavy atom. The van der Waals surface area contributed by atoms with Gasteiger partial charge in [0.15, 0.2) is 0 Å². The van der Waals surface area contributed by atoms with Gasteiger partial charge < -0.3 is 15.4 Å². The summed E-state index contributed by atoms with van der Waals surface area (Å²) in [6, 6.07) is 12.9. The van der Waals surface area contributed by atoms with Gasteiger partial charge in [-0.15, -0.1) is 0 Å². The number of benzene rings is 2. The molecule has 10 heteroatoms. The summed E-state index contributed by atoms with van der Waals surface area (Å²) in [5, 5.41) is 5.04. The molecule has 2 aromatic carbocycles. The molecule has 176 valence electrons. The monoisotopic (exact) mass is 467 g/mol. The molecule has 1 heterocycles. The Morgan fingerprint density at radius 3 is 2.44 bits per heavy atom. The van der Waals surface area contributed by atoms with Gasteiger partial charge in [-0.05, 0) is 42.8 Å². The molecule has 4 N–H and O–H groups in total. The fraction of sp³-hybridized carbons (Fsp3) is 0.125. The summed E-state index contributed by atoms with van der Waals surface area (Å²) in [4.78, 5) is 27.9. The third-order valence-electron chi connectivity index (χ3n) is 4.71. The van der Waals surface area contributed by atoms with Gasteiger partial charge in [0.2, 0.25) is 0 Å². The first-order valence-corrected chi connectivity index (χ1v) is 10.1. The largest absolute Gasteiger partial charge is 0.457 e. The normalized spacial score (nSPS) is 10.7. The number of nitrogens with one attached hydrogen (secondary N) is 4. The zero-order chi connectivity index (χ0) is 24.7. The number of alkyl halides is 2. The number of carbonyl (C=O) groups is 2. The summed E-state index contributed by atoms with van der Waals surface area (Å²) in [6.07, 6.45) is 2.02. The zero-order valence-electron chi connectivity index (χ0n) is 18.5. The van der Waals surface area contributed by atoms with Gasteiger partial charge in [0.1, 0.15) is 17.2 Å². The summed E-state index contributed by atoms with van der Waals surface area (Å²) in [6.45, 7) is 4.96. The van der Waals surface area contributed by atoms with Crippen molar-refractivity contribution in [3.05, 3.63) is 90.3 Å². The van der Waals surface area contributed by atoms with E-state index in [2.05, 4.69) is 33.0 Å². The Kier molecular flexibility index (Phi) is 7.42. The minimum absolute atomic E-state index is 0.214. The second-order valence-electron chi connectivity index (χ2n) is 7.15. The number of rotatable bonds is 8. The number of hydrogen-bond acceptors (Lipinski definition) is 5. The van der Waals surface area contributed by atoms with Crippen molar-refractivity contribution in [1.29, 1.82) is 0 Å². The molecule has 0 saturated carbocycles. The maximum atomic E-state index is 13.6. The smallest absolute Gasteiger partial charge is 0.337 e. The van der Waals surface area contributed by atoms with Crippen LogP contribution < -0.4 is 26.2 Å². The molecule has 0 saturated heterocycles. The molecule has 0 aliphatic heterocycles. The molecule has 0 unspecified atom stereocenters. The van der Waals surface area contributed by atoms with Crippen LogP contribution in [-0.4, -0.2) is 24.0 Å². The maximum Gasteiger partial charge on any atom is 0.337 e. The van der Waals surface area contributed by atoms with Gasteiger partial charge in [0.25, 0.3) is 11.8 Å². The van der Waals surface area contributed by atoms with Crippen LogP contribution in [0.2, 0.25) is 0 Å². The lowest BCUT2D eigenvalue weighted by molar-refractivity contribution is 0.0525. The van der Waals surface area contributed by atoms with Gasteiger partial charge in [0.05, 0.1) is 5.69 Å². The summed E-state index contributed by atoms with van der Waals surface area (Å²) >= 11 is 0. The number of anilines is 2. The third-order valence-corrected chi connectivity index (χ3v) is 4.71. The predicted molar refractivity (Wildman–Crippen MR) is 125 cm³/mol. The Hall–Kier alpha value is -4.47. The summed E-state index contributed by atoms with van der Waals surface area (Å²) in [5.41, 5.74) is 6.88. The number of aromatic nitrogens is 1. The molecule has 3 aromatic rings. The van der Waals surface area contributed by atoms with E-state index in [1.54, 1.807) is 24.3 Å². The van der Waals surface area contributed by atoms with Crippen molar-refractivity contribution in [2.45, 2.75) is 12.8 Å². The molecular formula is C24H23F2N5O3. The molecule has 8 nitrogen and oxygen atoms in total. The summed E-state index contributed by atoms with van der Waals surface area (Å²) < 4.78 is 33.1. The van der Waals surface area contributed by atoms with Gasteiger partial charge in [-0.3, -0.25) is 20.6 Å². The number of allylic oxidation sites excluding steroid dienone is 1. The average Bonchev–Trinajstić information content (AvgIpc) is 2.84. The number of urea groups is 1. The molecule has 0 radical (unpaired) electrons. The molecule has 0 aliphatic rings. The number of aryl methyl sites for hydroxylation is 1. The van der Waals surface area contributed by atoms with E-state index < -0.39 is 12.0 Å². The molecule has 0 fully saturated rings. The lowest BCUT2D eigenvalue weighted by atomic mass is 10.1. The number of nitrogens with zero attached hydrogens (tertiary/aromatic N) is 1. The standard InChI is InChI=1S/C24H23F2N5O3/c1-4-24(25,26)16-6-9-17(10-7-16)29-23(33)31-30-18-8-5-15(2)21(13-18)34-19-11-12-28-20(14-19)22(32)27-3/h4-14,30H,1H2,2-3H3,(H,27,32)(H2,29,31,33). The van der Waals surface area contributed by atoms with E-state index in [1.165, 1.54) is 43.6 Å². The number of hydrogen-bond donors (Lipinski definition) is 4. The van der Waals surface area contributed by atoms with Gasteiger partial charge in [-0.25, -0.2) is 4.79 Å². The first-order valence-electron chi connectivity index (χ1n) is 10.1. The Bertz CT molecular complexity index is 1200. The number of pyridine rings is 1. The van der Waals surface area contributed by atoms with Crippen LogP contribution in [0.4, 0.5) is 25.0 Å². The molecule has 34 heavy (non-hydrogen) atoms. The predicted octanol–water partition coefficient (Wildman–Crippen LogP) is 4.97. The van der Waals surface area contributed by atoms with Crippen molar-refractivity contribution >= 4 is 23.3 Å². The van der Waals surface area contributed by atoms with E-state index in [-0.39, 0.29) is 17.2 Å². The molecular weight excluding hydrogens is 444 g/mol. The fourth-order valence-corrected chi connectivity index (χ4v) is 2.83. The minimum atomic E-state index is -3.15. The average molecular weight is 467 g/mol. The van der Waals surface area contributed by atoms with Crippen molar-refractivity contribution in [2.75, 3.05) is 17.8 Å². The van der Waals surface area contributed by atoms with E-state index in [0.717, 1.165) is 5.56 Å². The number of halogens is 2. The third kappa shape index (κ3) is 6.06. The molecule has 0 aliphatic carbocycles. The fourth-order valence-electron chi connectivity index (χ4n) is 2.83. The van der Waals surface area contributed by atoms with Crippen LogP contribution in [0.5, 0.6) is 11.5 Å². The van der Waals surface area contributed by atoms with E-state index in [4.69, 9.17) is 4.74 Å².